The van der Waals surface area contributed by atoms with Gasteiger partial charge in [-0.1, -0.05) is 0 Å². The molecule has 2 saturated heterocycles. The highest BCUT2D eigenvalue weighted by atomic mass is 16.6. The zero-order chi connectivity index (χ0) is 14.4. The van der Waals surface area contributed by atoms with Crippen LogP contribution in [-0.2, 0) is 4.74 Å². The lowest BCUT2D eigenvalue weighted by Crippen LogP contribution is -2.54. The van der Waals surface area contributed by atoms with Crippen molar-refractivity contribution >= 4 is 6.09 Å². The molecule has 0 aromatic carbocycles. The maximum Gasteiger partial charge on any atom is 0.409 e. The quantitative estimate of drug-likeness (QED) is 0.800. The van der Waals surface area contributed by atoms with E-state index in [4.69, 9.17) is 9.84 Å². The van der Waals surface area contributed by atoms with Crippen LogP contribution in [0.5, 0.6) is 0 Å². The second kappa shape index (κ2) is 7.81. The van der Waals surface area contributed by atoms with Crippen molar-refractivity contribution in [1.82, 2.24) is 14.7 Å². The van der Waals surface area contributed by atoms with E-state index >= 15 is 0 Å². The van der Waals surface area contributed by atoms with E-state index in [1.807, 2.05) is 11.8 Å². The number of carbonyl (C=O) groups is 1. The molecule has 2 aliphatic rings. The molecule has 116 valence electrons. The van der Waals surface area contributed by atoms with E-state index < -0.39 is 0 Å². The predicted octanol–water partition coefficient (Wildman–Crippen LogP) is 0.217. The number of piperazine rings is 1. The standard InChI is InChI=1S/C14H27N3O3/c1-2-20-14(19)17-5-3-13(4-6-17)16-9-7-15(8-10-16)11-12-18/h13,18H,2-12H2,1H3. The molecule has 2 rings (SSSR count). The highest BCUT2D eigenvalue weighted by Gasteiger charge is 2.29. The van der Waals surface area contributed by atoms with Crippen LogP contribution in [0.1, 0.15) is 19.8 Å². The number of hydrogen-bond donors (Lipinski definition) is 1. The topological polar surface area (TPSA) is 56.2 Å². The van der Waals surface area contributed by atoms with E-state index in [0.29, 0.717) is 12.6 Å². The summed E-state index contributed by atoms with van der Waals surface area (Å²) >= 11 is 0. The second-order valence-electron chi connectivity index (χ2n) is 5.52. The van der Waals surface area contributed by atoms with Gasteiger partial charge in [0.05, 0.1) is 13.2 Å². The molecule has 0 unspecified atom stereocenters. The van der Waals surface area contributed by atoms with Gasteiger partial charge in [-0.05, 0) is 19.8 Å². The predicted molar refractivity (Wildman–Crippen MR) is 76.7 cm³/mol. The lowest BCUT2D eigenvalue weighted by atomic mass is 10.0. The first-order valence-corrected chi connectivity index (χ1v) is 7.73. The fourth-order valence-corrected chi connectivity index (χ4v) is 3.12. The number of nitrogens with zero attached hydrogens (tertiary/aromatic N) is 3. The molecule has 0 radical (unpaired) electrons. The van der Waals surface area contributed by atoms with Gasteiger partial charge in [0.2, 0.25) is 0 Å². The molecular formula is C14H27N3O3. The summed E-state index contributed by atoms with van der Waals surface area (Å²) < 4.78 is 5.05. The van der Waals surface area contributed by atoms with Gasteiger partial charge in [0.1, 0.15) is 0 Å². The van der Waals surface area contributed by atoms with Crippen LogP contribution >= 0.6 is 0 Å². The number of likely N-dealkylation sites (tertiary alicyclic amines) is 1. The fraction of sp³-hybridized carbons (Fsp3) is 0.929. The summed E-state index contributed by atoms with van der Waals surface area (Å²) in [5, 5.41) is 8.95. The van der Waals surface area contributed by atoms with E-state index in [-0.39, 0.29) is 12.7 Å². The van der Waals surface area contributed by atoms with E-state index in [1.54, 1.807) is 0 Å². The highest BCUT2D eigenvalue weighted by Crippen LogP contribution is 2.18. The average molecular weight is 285 g/mol. The van der Waals surface area contributed by atoms with Gasteiger partial charge in [-0.3, -0.25) is 9.80 Å². The molecule has 2 heterocycles. The van der Waals surface area contributed by atoms with Gasteiger partial charge in [-0.15, -0.1) is 0 Å². The zero-order valence-electron chi connectivity index (χ0n) is 12.5. The minimum atomic E-state index is -0.168. The maximum absolute atomic E-state index is 11.7. The highest BCUT2D eigenvalue weighted by molar-refractivity contribution is 5.67. The van der Waals surface area contributed by atoms with Crippen LogP contribution in [0.4, 0.5) is 4.79 Å². The Kier molecular flexibility index (Phi) is 6.06. The van der Waals surface area contributed by atoms with Crippen molar-refractivity contribution in [3.63, 3.8) is 0 Å². The first kappa shape index (κ1) is 15.5. The van der Waals surface area contributed by atoms with Crippen molar-refractivity contribution in [3.05, 3.63) is 0 Å². The summed E-state index contributed by atoms with van der Waals surface area (Å²) in [6.07, 6.45) is 1.91. The second-order valence-corrected chi connectivity index (χ2v) is 5.52. The lowest BCUT2D eigenvalue weighted by Gasteiger charge is -2.42. The van der Waals surface area contributed by atoms with Crippen LogP contribution < -0.4 is 0 Å². The average Bonchev–Trinajstić information content (AvgIpc) is 2.49. The van der Waals surface area contributed by atoms with Crippen LogP contribution in [0.25, 0.3) is 0 Å². The van der Waals surface area contributed by atoms with Gasteiger partial charge >= 0.3 is 6.09 Å². The Morgan fingerprint density at radius 3 is 2.35 bits per heavy atom. The fourth-order valence-electron chi connectivity index (χ4n) is 3.12. The number of hydrogen-bond acceptors (Lipinski definition) is 5. The molecule has 0 aliphatic carbocycles. The Morgan fingerprint density at radius 1 is 1.15 bits per heavy atom. The van der Waals surface area contributed by atoms with Crippen molar-refractivity contribution in [1.29, 1.82) is 0 Å². The minimum absolute atomic E-state index is 0.168. The normalized spacial score (nSPS) is 23.0. The number of piperidine rings is 1. The number of amides is 1. The van der Waals surface area contributed by atoms with Crippen LogP contribution in [0.2, 0.25) is 0 Å². The van der Waals surface area contributed by atoms with Crippen LogP contribution in [0, 0.1) is 0 Å². The van der Waals surface area contributed by atoms with E-state index in [1.165, 1.54) is 0 Å². The van der Waals surface area contributed by atoms with Gasteiger partial charge in [-0.2, -0.15) is 0 Å². The van der Waals surface area contributed by atoms with Gasteiger partial charge < -0.3 is 14.7 Å². The van der Waals surface area contributed by atoms with Crippen molar-refractivity contribution in [3.8, 4) is 0 Å². The molecule has 6 heteroatoms. The number of aliphatic hydroxyl groups excluding tert-OH is 1. The van der Waals surface area contributed by atoms with Crippen molar-refractivity contribution in [2.45, 2.75) is 25.8 Å². The molecule has 0 aromatic rings. The Bertz CT molecular complexity index is 298. The molecule has 6 nitrogen and oxygen atoms in total. The first-order valence-electron chi connectivity index (χ1n) is 7.73. The van der Waals surface area contributed by atoms with E-state index in [0.717, 1.165) is 58.7 Å². The SMILES string of the molecule is CCOC(=O)N1CCC(N2CCN(CCO)CC2)CC1. The Morgan fingerprint density at radius 2 is 1.80 bits per heavy atom. The number of carbonyl (C=O) groups excluding carboxylic acids is 1. The molecule has 0 aromatic heterocycles. The largest absolute Gasteiger partial charge is 0.450 e. The van der Waals surface area contributed by atoms with Gasteiger partial charge in [-0.25, -0.2) is 4.79 Å². The molecule has 0 bridgehead atoms. The van der Waals surface area contributed by atoms with Gasteiger partial charge in [0, 0.05) is 51.9 Å². The molecule has 0 spiro atoms. The molecule has 0 saturated carbocycles. The molecule has 1 amide bonds. The Balaban J connectivity index is 1.70. The van der Waals surface area contributed by atoms with E-state index in [2.05, 4.69) is 9.80 Å². The van der Waals surface area contributed by atoms with Crippen molar-refractivity contribution in [2.75, 3.05) is 59.0 Å². The third-order valence-electron chi connectivity index (χ3n) is 4.33. The van der Waals surface area contributed by atoms with Gasteiger partial charge in [0.15, 0.2) is 0 Å². The number of aliphatic hydroxyl groups is 1. The summed E-state index contributed by atoms with van der Waals surface area (Å²) in [7, 11) is 0. The zero-order valence-corrected chi connectivity index (χ0v) is 12.5. The molecular weight excluding hydrogens is 258 g/mol. The number of β-amino-alcohol motifs (C(OH)–C–C–N with tert-alkyl or cyclic N) is 1. The molecule has 0 atom stereocenters. The molecule has 20 heavy (non-hydrogen) atoms. The third kappa shape index (κ3) is 4.07. The summed E-state index contributed by atoms with van der Waals surface area (Å²) in [5.74, 6) is 0. The maximum atomic E-state index is 11.7. The van der Waals surface area contributed by atoms with Crippen molar-refractivity contribution < 1.29 is 14.6 Å². The van der Waals surface area contributed by atoms with Crippen LogP contribution in [0.3, 0.4) is 0 Å². The summed E-state index contributed by atoms with van der Waals surface area (Å²) in [5.41, 5.74) is 0. The summed E-state index contributed by atoms with van der Waals surface area (Å²) in [6, 6.07) is 0.594. The molecule has 1 N–H and O–H groups in total. The Labute approximate surface area is 121 Å². The number of ether oxygens (including phenoxy) is 1. The molecule has 2 aliphatic heterocycles. The van der Waals surface area contributed by atoms with E-state index in [9.17, 15) is 4.79 Å². The Hall–Kier alpha value is -0.850. The van der Waals surface area contributed by atoms with Crippen LogP contribution in [-0.4, -0.2) is 91.0 Å². The van der Waals surface area contributed by atoms with Gasteiger partial charge in [0.25, 0.3) is 0 Å². The third-order valence-corrected chi connectivity index (χ3v) is 4.33. The van der Waals surface area contributed by atoms with Crippen molar-refractivity contribution in [2.24, 2.45) is 0 Å². The monoisotopic (exact) mass is 285 g/mol. The number of rotatable bonds is 4. The summed E-state index contributed by atoms with van der Waals surface area (Å²) in [4.78, 5) is 18.3. The molecule has 2 fully saturated rings. The first-order chi connectivity index (χ1) is 9.74. The lowest BCUT2D eigenvalue weighted by molar-refractivity contribution is 0.0465. The smallest absolute Gasteiger partial charge is 0.409 e. The van der Waals surface area contributed by atoms with Crippen LogP contribution in [0.15, 0.2) is 0 Å². The minimum Gasteiger partial charge on any atom is -0.450 e. The summed E-state index contributed by atoms with van der Waals surface area (Å²) in [6.45, 7) is 9.17.